The molecule has 274 valence electrons. The fraction of sp³-hybridized carbons (Fsp3) is 0.694. The average molecular weight is 689 g/mol. The standard InChI is InChI=1S/C36H56F4N2O6/c1-4-6-8-12-15-22-35(39,40)23-16-13-10-9-11-14-17-29(36(47,34(45)46)26-31(37)38)32(43)42-30(33(44)41-3)25-27-18-20-28(21-19-27)48-24-7-5-2/h14,17-21,29-31,47H,4-13,15-16,22-26H2,1-3H3,(H,41,44)(H,42,43)(H,45,46)/t29-,30+,36+/m1/s1. The predicted molar refractivity (Wildman–Crippen MR) is 178 cm³/mol. The Kier molecular flexibility index (Phi) is 20.8. The van der Waals surface area contributed by atoms with Crippen LogP contribution in [0.4, 0.5) is 17.6 Å². The van der Waals surface area contributed by atoms with Gasteiger partial charge in [-0.05, 0) is 49.8 Å². The molecule has 0 aromatic heterocycles. The quantitative estimate of drug-likeness (QED) is 0.0428. The van der Waals surface area contributed by atoms with E-state index in [2.05, 4.69) is 17.6 Å². The molecule has 0 fully saturated rings. The lowest BCUT2D eigenvalue weighted by Crippen LogP contribution is -2.56. The lowest BCUT2D eigenvalue weighted by atomic mass is 9.82. The maximum Gasteiger partial charge on any atom is 0.337 e. The predicted octanol–water partition coefficient (Wildman–Crippen LogP) is 7.62. The normalized spacial score (nSPS) is 14.4. The largest absolute Gasteiger partial charge is 0.494 e. The molecule has 0 aliphatic heterocycles. The second kappa shape index (κ2) is 23.2. The number of carbonyl (C=O) groups is 3. The van der Waals surface area contributed by atoms with Gasteiger partial charge in [-0.25, -0.2) is 22.4 Å². The molecular formula is C36H56F4N2O6. The Morgan fingerprint density at radius 1 is 0.875 bits per heavy atom. The van der Waals surface area contributed by atoms with Crippen LogP contribution in [0, 0.1) is 5.92 Å². The second-order valence-corrected chi connectivity index (χ2v) is 12.4. The fourth-order valence-corrected chi connectivity index (χ4v) is 5.33. The van der Waals surface area contributed by atoms with E-state index in [4.69, 9.17) is 4.74 Å². The van der Waals surface area contributed by atoms with E-state index >= 15 is 0 Å². The minimum Gasteiger partial charge on any atom is -0.494 e. The van der Waals surface area contributed by atoms with Crippen LogP contribution < -0.4 is 15.4 Å². The second-order valence-electron chi connectivity index (χ2n) is 12.4. The summed E-state index contributed by atoms with van der Waals surface area (Å²) in [6.07, 6.45) is 5.97. The molecule has 0 unspecified atom stereocenters. The molecule has 4 N–H and O–H groups in total. The van der Waals surface area contributed by atoms with Gasteiger partial charge in [0.1, 0.15) is 11.8 Å². The first kappa shape index (κ1) is 42.9. The summed E-state index contributed by atoms with van der Waals surface area (Å²) in [6.45, 7) is 4.66. The minimum atomic E-state index is -3.24. The van der Waals surface area contributed by atoms with Crippen LogP contribution in [0.5, 0.6) is 5.75 Å². The third-order valence-corrected chi connectivity index (χ3v) is 8.28. The third-order valence-electron chi connectivity index (χ3n) is 8.28. The van der Waals surface area contributed by atoms with Gasteiger partial charge >= 0.3 is 5.97 Å². The highest BCUT2D eigenvalue weighted by Gasteiger charge is 2.49. The number of halogens is 4. The molecule has 1 rings (SSSR count). The van der Waals surface area contributed by atoms with Gasteiger partial charge in [-0.2, -0.15) is 0 Å². The van der Waals surface area contributed by atoms with Gasteiger partial charge in [-0.3, -0.25) is 9.59 Å². The summed E-state index contributed by atoms with van der Waals surface area (Å²) >= 11 is 0. The topological polar surface area (TPSA) is 125 Å². The van der Waals surface area contributed by atoms with Crippen LogP contribution in [-0.2, 0) is 20.8 Å². The van der Waals surface area contributed by atoms with Crippen LogP contribution in [0.25, 0.3) is 0 Å². The highest BCUT2D eigenvalue weighted by Crippen LogP contribution is 2.30. The van der Waals surface area contributed by atoms with Gasteiger partial charge in [0.15, 0.2) is 5.60 Å². The summed E-state index contributed by atoms with van der Waals surface area (Å²) in [5, 5.41) is 25.5. The zero-order chi connectivity index (χ0) is 36.0. The number of nitrogens with one attached hydrogen (secondary N) is 2. The van der Waals surface area contributed by atoms with E-state index in [0.29, 0.717) is 56.4 Å². The van der Waals surface area contributed by atoms with Crippen molar-refractivity contribution in [2.75, 3.05) is 13.7 Å². The Hall–Kier alpha value is -3.15. The summed E-state index contributed by atoms with van der Waals surface area (Å²) < 4.78 is 60.8. The van der Waals surface area contributed by atoms with Crippen molar-refractivity contribution in [3.63, 3.8) is 0 Å². The average Bonchev–Trinajstić information content (AvgIpc) is 3.03. The highest BCUT2D eigenvalue weighted by atomic mass is 19.3. The van der Waals surface area contributed by atoms with Crippen LogP contribution in [-0.4, -0.2) is 65.6 Å². The van der Waals surface area contributed by atoms with Crippen molar-refractivity contribution in [2.24, 2.45) is 5.92 Å². The number of allylic oxidation sites excluding steroid dienone is 1. The number of amides is 2. The molecule has 48 heavy (non-hydrogen) atoms. The van der Waals surface area contributed by atoms with E-state index in [9.17, 15) is 42.2 Å². The molecule has 0 heterocycles. The lowest BCUT2D eigenvalue weighted by molar-refractivity contribution is -0.171. The van der Waals surface area contributed by atoms with E-state index in [1.54, 1.807) is 24.3 Å². The number of carboxylic acid groups (broad SMARTS) is 1. The van der Waals surface area contributed by atoms with Gasteiger partial charge in [0.05, 0.1) is 12.5 Å². The molecule has 0 radical (unpaired) electrons. The van der Waals surface area contributed by atoms with Crippen LogP contribution >= 0.6 is 0 Å². The molecule has 0 saturated carbocycles. The number of hydrogen-bond acceptors (Lipinski definition) is 5. The van der Waals surface area contributed by atoms with Crippen LogP contribution in [0.15, 0.2) is 36.4 Å². The monoisotopic (exact) mass is 688 g/mol. The first-order chi connectivity index (χ1) is 22.8. The van der Waals surface area contributed by atoms with Crippen molar-refractivity contribution >= 4 is 17.8 Å². The number of likely N-dealkylation sites (N-methyl/N-ethyl adjacent to an activating group) is 1. The number of alkyl halides is 4. The minimum absolute atomic E-state index is 0.00463. The zero-order valence-corrected chi connectivity index (χ0v) is 28.8. The number of unbranched alkanes of at least 4 members (excludes halogenated alkanes) is 9. The van der Waals surface area contributed by atoms with Crippen molar-refractivity contribution in [1.82, 2.24) is 10.6 Å². The van der Waals surface area contributed by atoms with Gasteiger partial charge in [-0.1, -0.05) is 83.1 Å². The molecular weight excluding hydrogens is 632 g/mol. The molecule has 2 amide bonds. The summed E-state index contributed by atoms with van der Waals surface area (Å²) in [5.41, 5.74) is -2.51. The van der Waals surface area contributed by atoms with Crippen molar-refractivity contribution in [3.05, 3.63) is 42.0 Å². The van der Waals surface area contributed by atoms with Crippen LogP contribution in [0.3, 0.4) is 0 Å². The van der Waals surface area contributed by atoms with E-state index < -0.39 is 54.1 Å². The lowest BCUT2D eigenvalue weighted by Gasteiger charge is -2.31. The Morgan fingerprint density at radius 3 is 2.00 bits per heavy atom. The van der Waals surface area contributed by atoms with Crippen molar-refractivity contribution < 1.29 is 46.9 Å². The Balaban J connectivity index is 2.89. The molecule has 1 aromatic rings. The number of rotatable bonds is 27. The Morgan fingerprint density at radius 2 is 1.46 bits per heavy atom. The molecule has 0 bridgehead atoms. The van der Waals surface area contributed by atoms with Crippen molar-refractivity contribution in [3.8, 4) is 5.75 Å². The van der Waals surface area contributed by atoms with E-state index in [1.807, 2.05) is 6.92 Å². The molecule has 12 heteroatoms. The number of aliphatic hydroxyl groups is 1. The summed E-state index contributed by atoms with van der Waals surface area (Å²) in [5.74, 6) is -7.73. The van der Waals surface area contributed by atoms with E-state index in [0.717, 1.165) is 44.6 Å². The fourth-order valence-electron chi connectivity index (χ4n) is 5.33. The number of carboxylic acids is 1. The van der Waals surface area contributed by atoms with Gasteiger partial charge in [-0.15, -0.1) is 0 Å². The van der Waals surface area contributed by atoms with Crippen molar-refractivity contribution in [1.29, 1.82) is 0 Å². The SMILES string of the molecule is CCCCCCCC(F)(F)CCCCCCC=C[C@H](C(=O)N[C@@H](Cc1ccc(OCCCC)cc1)C(=O)NC)[C@@](O)(CC(F)F)C(=O)O. The van der Waals surface area contributed by atoms with Gasteiger partial charge in [0.25, 0.3) is 0 Å². The van der Waals surface area contributed by atoms with Crippen molar-refractivity contribution in [2.45, 2.75) is 141 Å². The maximum atomic E-state index is 14.1. The smallest absolute Gasteiger partial charge is 0.337 e. The maximum absolute atomic E-state index is 14.1. The van der Waals surface area contributed by atoms with Crippen LogP contribution in [0.2, 0.25) is 0 Å². The Bertz CT molecular complexity index is 1100. The first-order valence-electron chi connectivity index (χ1n) is 17.3. The molecule has 0 aliphatic rings. The van der Waals surface area contributed by atoms with E-state index in [1.165, 1.54) is 13.1 Å². The summed E-state index contributed by atoms with van der Waals surface area (Å²) in [6, 6.07) is 5.64. The van der Waals surface area contributed by atoms with E-state index in [-0.39, 0.29) is 19.3 Å². The van der Waals surface area contributed by atoms with Crippen LogP contribution in [0.1, 0.15) is 116 Å². The summed E-state index contributed by atoms with van der Waals surface area (Å²) in [7, 11) is 1.35. The number of benzene rings is 1. The van der Waals surface area contributed by atoms with Gasteiger partial charge in [0, 0.05) is 32.7 Å². The Labute approximate surface area is 283 Å². The third kappa shape index (κ3) is 16.8. The molecule has 8 nitrogen and oxygen atoms in total. The first-order valence-corrected chi connectivity index (χ1v) is 17.3. The molecule has 0 saturated heterocycles. The molecule has 0 spiro atoms. The zero-order valence-electron chi connectivity index (χ0n) is 28.8. The number of aliphatic carboxylic acids is 1. The highest BCUT2D eigenvalue weighted by molar-refractivity contribution is 5.93. The molecule has 1 aromatic carbocycles. The molecule has 3 atom stereocenters. The number of ether oxygens (including phenoxy) is 1. The summed E-state index contributed by atoms with van der Waals surface area (Å²) in [4.78, 5) is 38.2. The van der Waals surface area contributed by atoms with Gasteiger partial charge in [0.2, 0.25) is 24.2 Å². The molecule has 0 aliphatic carbocycles. The number of hydrogen-bond donors (Lipinski definition) is 4. The number of carbonyl (C=O) groups excluding carboxylic acids is 2. The van der Waals surface area contributed by atoms with Gasteiger partial charge < -0.3 is 25.6 Å².